The summed E-state index contributed by atoms with van der Waals surface area (Å²) in [5, 5.41) is 3.49. The number of hydrogen-bond acceptors (Lipinski definition) is 2. The lowest BCUT2D eigenvalue weighted by atomic mass is 10.0. The lowest BCUT2D eigenvalue weighted by molar-refractivity contribution is 0.216. The molecule has 1 saturated heterocycles. The maximum atomic E-state index is 3.49. The molecule has 2 nitrogen and oxygen atoms in total. The molecule has 1 aromatic carbocycles. The summed E-state index contributed by atoms with van der Waals surface area (Å²) in [6, 6.07) is 7.35. The lowest BCUT2D eigenvalue weighted by Gasteiger charge is -2.28. The molecule has 1 heterocycles. The van der Waals surface area contributed by atoms with Crippen molar-refractivity contribution in [1.82, 2.24) is 10.2 Å². The third-order valence-corrected chi connectivity index (χ3v) is 4.22. The van der Waals surface area contributed by atoms with E-state index in [0.29, 0.717) is 0 Å². The lowest BCUT2D eigenvalue weighted by Crippen LogP contribution is -2.32. The molecule has 0 saturated carbocycles. The normalized spacial score (nSPS) is 19.9. The van der Waals surface area contributed by atoms with Crippen LogP contribution < -0.4 is 5.32 Å². The van der Waals surface area contributed by atoms with E-state index >= 15 is 0 Å². The SMILES string of the molecule is Cc1cccc(C)c1CN(C)C1CCCNCC1.Cl. The molecule has 108 valence electrons. The molecule has 1 aromatic rings. The van der Waals surface area contributed by atoms with Crippen molar-refractivity contribution >= 4 is 12.4 Å². The number of rotatable bonds is 3. The van der Waals surface area contributed by atoms with E-state index in [-0.39, 0.29) is 12.4 Å². The number of hydrogen-bond donors (Lipinski definition) is 1. The van der Waals surface area contributed by atoms with Gasteiger partial charge in [0.2, 0.25) is 0 Å². The Morgan fingerprint density at radius 3 is 2.53 bits per heavy atom. The molecule has 0 aromatic heterocycles. The first-order chi connectivity index (χ1) is 8.68. The monoisotopic (exact) mass is 282 g/mol. The van der Waals surface area contributed by atoms with E-state index in [0.717, 1.165) is 12.6 Å². The largest absolute Gasteiger partial charge is 0.317 e. The summed E-state index contributed by atoms with van der Waals surface area (Å²) in [4.78, 5) is 2.54. The van der Waals surface area contributed by atoms with Gasteiger partial charge >= 0.3 is 0 Å². The molecule has 2 rings (SSSR count). The molecule has 0 amide bonds. The van der Waals surface area contributed by atoms with Crippen LogP contribution in [0.2, 0.25) is 0 Å². The fraction of sp³-hybridized carbons (Fsp3) is 0.625. The van der Waals surface area contributed by atoms with Crippen LogP contribution in [0, 0.1) is 13.8 Å². The molecule has 0 spiro atoms. The van der Waals surface area contributed by atoms with E-state index < -0.39 is 0 Å². The Labute approximate surface area is 124 Å². The van der Waals surface area contributed by atoms with Crippen molar-refractivity contribution in [1.29, 1.82) is 0 Å². The van der Waals surface area contributed by atoms with Gasteiger partial charge in [0.1, 0.15) is 0 Å². The molecular weight excluding hydrogens is 256 g/mol. The summed E-state index contributed by atoms with van der Waals surface area (Å²) >= 11 is 0. The maximum absolute atomic E-state index is 3.49. The Morgan fingerprint density at radius 1 is 1.16 bits per heavy atom. The van der Waals surface area contributed by atoms with Crippen molar-refractivity contribution in [2.24, 2.45) is 0 Å². The van der Waals surface area contributed by atoms with Gasteiger partial charge < -0.3 is 5.32 Å². The van der Waals surface area contributed by atoms with Gasteiger partial charge in [0, 0.05) is 12.6 Å². The standard InChI is InChI=1S/C16H26N2.ClH/c1-13-6-4-7-14(2)16(13)12-18(3)15-8-5-10-17-11-9-15;/h4,6-7,15,17H,5,8-12H2,1-3H3;1H. The summed E-state index contributed by atoms with van der Waals surface area (Å²) in [6.45, 7) is 7.90. The van der Waals surface area contributed by atoms with Crippen molar-refractivity contribution in [2.75, 3.05) is 20.1 Å². The van der Waals surface area contributed by atoms with Gasteiger partial charge in [-0.2, -0.15) is 0 Å². The van der Waals surface area contributed by atoms with E-state index in [9.17, 15) is 0 Å². The van der Waals surface area contributed by atoms with E-state index in [1.54, 1.807) is 0 Å². The van der Waals surface area contributed by atoms with Crippen molar-refractivity contribution in [3.05, 3.63) is 34.9 Å². The first kappa shape index (κ1) is 16.5. The highest BCUT2D eigenvalue weighted by Crippen LogP contribution is 2.19. The van der Waals surface area contributed by atoms with Gasteiger partial charge in [0.25, 0.3) is 0 Å². The third kappa shape index (κ3) is 4.48. The number of halogens is 1. The van der Waals surface area contributed by atoms with Gasteiger partial charge in [0.15, 0.2) is 0 Å². The zero-order valence-electron chi connectivity index (χ0n) is 12.4. The molecule has 1 unspecified atom stereocenters. The highest BCUT2D eigenvalue weighted by Gasteiger charge is 2.17. The zero-order chi connectivity index (χ0) is 13.0. The van der Waals surface area contributed by atoms with Crippen LogP contribution in [-0.4, -0.2) is 31.1 Å². The van der Waals surface area contributed by atoms with Crippen molar-refractivity contribution < 1.29 is 0 Å². The van der Waals surface area contributed by atoms with Crippen molar-refractivity contribution in [3.63, 3.8) is 0 Å². The predicted octanol–water partition coefficient (Wildman–Crippen LogP) is 3.30. The summed E-state index contributed by atoms with van der Waals surface area (Å²) in [7, 11) is 2.28. The topological polar surface area (TPSA) is 15.3 Å². The predicted molar refractivity (Wildman–Crippen MR) is 85.1 cm³/mol. The van der Waals surface area contributed by atoms with Crippen LogP contribution in [0.25, 0.3) is 0 Å². The van der Waals surface area contributed by atoms with E-state index in [2.05, 4.69) is 49.3 Å². The maximum Gasteiger partial charge on any atom is 0.0238 e. The van der Waals surface area contributed by atoms with Crippen LogP contribution in [0.4, 0.5) is 0 Å². The average Bonchev–Trinajstić information content (AvgIpc) is 2.62. The smallest absolute Gasteiger partial charge is 0.0238 e. The van der Waals surface area contributed by atoms with Gasteiger partial charge in [-0.05, 0) is 69.9 Å². The van der Waals surface area contributed by atoms with Gasteiger partial charge in [-0.15, -0.1) is 12.4 Å². The van der Waals surface area contributed by atoms with Crippen molar-refractivity contribution in [3.8, 4) is 0 Å². The van der Waals surface area contributed by atoms with Gasteiger partial charge in [-0.3, -0.25) is 4.90 Å². The fourth-order valence-corrected chi connectivity index (χ4v) is 2.92. The summed E-state index contributed by atoms with van der Waals surface area (Å²) in [6.07, 6.45) is 3.91. The summed E-state index contributed by atoms with van der Waals surface area (Å²) in [5.74, 6) is 0. The Kier molecular flexibility index (Phi) is 6.84. The van der Waals surface area contributed by atoms with Gasteiger partial charge in [-0.25, -0.2) is 0 Å². The second-order valence-electron chi connectivity index (χ2n) is 5.62. The minimum absolute atomic E-state index is 0. The van der Waals surface area contributed by atoms with E-state index in [4.69, 9.17) is 0 Å². The molecule has 1 N–H and O–H groups in total. The molecule has 19 heavy (non-hydrogen) atoms. The quantitative estimate of drug-likeness (QED) is 0.915. The Hall–Kier alpha value is -0.570. The molecular formula is C16H27ClN2. The number of nitrogens with one attached hydrogen (secondary N) is 1. The first-order valence-corrected chi connectivity index (χ1v) is 7.14. The van der Waals surface area contributed by atoms with Gasteiger partial charge in [-0.1, -0.05) is 18.2 Å². The van der Waals surface area contributed by atoms with Crippen LogP contribution in [-0.2, 0) is 6.54 Å². The molecule has 0 radical (unpaired) electrons. The highest BCUT2D eigenvalue weighted by atomic mass is 35.5. The van der Waals surface area contributed by atoms with E-state index in [1.165, 1.54) is 49.0 Å². The number of nitrogens with zero attached hydrogens (tertiary/aromatic N) is 1. The Bertz CT molecular complexity index is 364. The number of aryl methyl sites for hydroxylation is 2. The van der Waals surface area contributed by atoms with Crippen molar-refractivity contribution in [2.45, 2.75) is 45.7 Å². The average molecular weight is 283 g/mol. The summed E-state index contributed by atoms with van der Waals surface area (Å²) in [5.41, 5.74) is 4.36. The van der Waals surface area contributed by atoms with Crippen LogP contribution in [0.15, 0.2) is 18.2 Å². The van der Waals surface area contributed by atoms with E-state index in [1.807, 2.05) is 0 Å². The molecule has 1 aliphatic heterocycles. The minimum atomic E-state index is 0. The first-order valence-electron chi connectivity index (χ1n) is 7.14. The van der Waals surface area contributed by atoms with Gasteiger partial charge in [0.05, 0.1) is 0 Å². The second kappa shape index (κ2) is 7.88. The zero-order valence-corrected chi connectivity index (χ0v) is 13.2. The molecule has 0 aliphatic carbocycles. The van der Waals surface area contributed by atoms with Crippen LogP contribution in [0.5, 0.6) is 0 Å². The molecule has 0 bridgehead atoms. The molecule has 1 atom stereocenters. The summed E-state index contributed by atoms with van der Waals surface area (Å²) < 4.78 is 0. The highest BCUT2D eigenvalue weighted by molar-refractivity contribution is 5.85. The molecule has 1 fully saturated rings. The van der Waals surface area contributed by atoms with Crippen LogP contribution in [0.1, 0.15) is 36.0 Å². The molecule has 1 aliphatic rings. The third-order valence-electron chi connectivity index (χ3n) is 4.22. The second-order valence-corrected chi connectivity index (χ2v) is 5.62. The molecule has 3 heteroatoms. The Balaban J connectivity index is 0.00000180. The number of benzene rings is 1. The minimum Gasteiger partial charge on any atom is -0.317 e. The Morgan fingerprint density at radius 2 is 1.84 bits per heavy atom. The van der Waals surface area contributed by atoms with Crippen LogP contribution in [0.3, 0.4) is 0 Å². The fourth-order valence-electron chi connectivity index (χ4n) is 2.92. The van der Waals surface area contributed by atoms with Crippen LogP contribution >= 0.6 is 12.4 Å².